The summed E-state index contributed by atoms with van der Waals surface area (Å²) in [5.41, 5.74) is 0. The van der Waals surface area contributed by atoms with Crippen molar-refractivity contribution in [3.8, 4) is 0 Å². The van der Waals surface area contributed by atoms with Gasteiger partial charge < -0.3 is 0 Å². The second kappa shape index (κ2) is 17.4. The second-order valence-corrected chi connectivity index (χ2v) is 7.03. The lowest BCUT2D eigenvalue weighted by Crippen LogP contribution is -2.14. The van der Waals surface area contributed by atoms with Gasteiger partial charge in [-0.2, -0.15) is 4.21 Å². The van der Waals surface area contributed by atoms with Gasteiger partial charge in [0, 0.05) is 0 Å². The molecule has 0 bridgehead atoms. The molecule has 0 spiro atoms. The molecule has 134 valence electrons. The molecule has 0 aliphatic carbocycles. The molecule has 0 aliphatic rings. The lowest BCUT2D eigenvalue weighted by molar-refractivity contribution is 0.175. The standard InChI is InChI=1S/C18H38O3S/c1-3-5-7-9-11-13-15-17-18(21-22(19)20)16-14-12-10-8-6-4-2/h18H,3-17H2,1-2H3,(H,19,20). The maximum atomic E-state index is 10.9. The van der Waals surface area contributed by atoms with E-state index in [1.165, 1.54) is 70.6 Å². The summed E-state index contributed by atoms with van der Waals surface area (Å²) >= 11 is -2.12. The third kappa shape index (κ3) is 16.4. The van der Waals surface area contributed by atoms with Crippen molar-refractivity contribution >= 4 is 11.4 Å². The van der Waals surface area contributed by atoms with E-state index in [-0.39, 0.29) is 6.10 Å². The van der Waals surface area contributed by atoms with Gasteiger partial charge in [0.15, 0.2) is 0 Å². The highest BCUT2D eigenvalue weighted by Gasteiger charge is 2.12. The van der Waals surface area contributed by atoms with E-state index in [9.17, 15) is 4.21 Å². The Hall–Kier alpha value is 0.0700. The van der Waals surface area contributed by atoms with E-state index in [4.69, 9.17) is 8.74 Å². The molecule has 1 N–H and O–H groups in total. The lowest BCUT2D eigenvalue weighted by atomic mass is 10.0. The first-order valence-corrected chi connectivity index (χ1v) is 10.5. The zero-order chi connectivity index (χ0) is 16.5. The molecule has 0 saturated heterocycles. The quantitative estimate of drug-likeness (QED) is 0.247. The van der Waals surface area contributed by atoms with E-state index >= 15 is 0 Å². The van der Waals surface area contributed by atoms with Crippen LogP contribution in [0.5, 0.6) is 0 Å². The minimum Gasteiger partial charge on any atom is -0.284 e. The Labute approximate surface area is 141 Å². The maximum absolute atomic E-state index is 10.9. The molecule has 0 aliphatic heterocycles. The number of rotatable bonds is 17. The van der Waals surface area contributed by atoms with Crippen molar-refractivity contribution in [3.63, 3.8) is 0 Å². The number of hydrogen-bond acceptors (Lipinski definition) is 2. The van der Waals surface area contributed by atoms with Crippen LogP contribution in [0.15, 0.2) is 0 Å². The summed E-state index contributed by atoms with van der Waals surface area (Å²) in [6.45, 7) is 4.46. The summed E-state index contributed by atoms with van der Waals surface area (Å²) in [7, 11) is 0. The first kappa shape index (κ1) is 22.1. The van der Waals surface area contributed by atoms with Crippen LogP contribution in [0.2, 0.25) is 0 Å². The topological polar surface area (TPSA) is 46.5 Å². The number of hydrogen-bond donors (Lipinski definition) is 1. The lowest BCUT2D eigenvalue weighted by Gasteiger charge is -2.15. The van der Waals surface area contributed by atoms with E-state index in [1.807, 2.05) is 0 Å². The Morgan fingerprint density at radius 3 is 1.45 bits per heavy atom. The fourth-order valence-corrected chi connectivity index (χ4v) is 3.26. The average Bonchev–Trinajstić information content (AvgIpc) is 2.49. The van der Waals surface area contributed by atoms with Gasteiger partial charge in [0.1, 0.15) is 0 Å². The van der Waals surface area contributed by atoms with Crippen molar-refractivity contribution in [1.82, 2.24) is 0 Å². The van der Waals surface area contributed by atoms with Gasteiger partial charge >= 0.3 is 11.4 Å². The van der Waals surface area contributed by atoms with Gasteiger partial charge in [0.2, 0.25) is 0 Å². The SMILES string of the molecule is CCCCCCCCCC(CCCCCCCC)OS(=O)O. The Bertz CT molecular complexity index is 246. The van der Waals surface area contributed by atoms with Crippen LogP contribution in [0.3, 0.4) is 0 Å². The van der Waals surface area contributed by atoms with Gasteiger partial charge in [-0.05, 0) is 12.8 Å². The largest absolute Gasteiger partial charge is 0.302 e. The van der Waals surface area contributed by atoms with Crippen LogP contribution in [-0.4, -0.2) is 14.9 Å². The summed E-state index contributed by atoms with van der Waals surface area (Å²) in [6, 6.07) is 0. The fourth-order valence-electron chi connectivity index (χ4n) is 2.84. The van der Waals surface area contributed by atoms with Crippen molar-refractivity contribution < 1.29 is 12.9 Å². The summed E-state index contributed by atoms with van der Waals surface area (Å²) in [5.74, 6) is 0. The third-order valence-corrected chi connectivity index (χ3v) is 4.66. The second-order valence-electron chi connectivity index (χ2n) is 6.40. The molecule has 3 nitrogen and oxygen atoms in total. The normalized spacial score (nSPS) is 14.1. The molecule has 4 heteroatoms. The fraction of sp³-hybridized carbons (Fsp3) is 1.00. The average molecular weight is 335 g/mol. The Morgan fingerprint density at radius 1 is 0.727 bits per heavy atom. The maximum Gasteiger partial charge on any atom is 0.302 e. The molecule has 2 atom stereocenters. The molecule has 0 fully saturated rings. The highest BCUT2D eigenvalue weighted by Crippen LogP contribution is 2.17. The molecule has 0 radical (unpaired) electrons. The molecule has 0 saturated carbocycles. The zero-order valence-corrected chi connectivity index (χ0v) is 15.7. The van der Waals surface area contributed by atoms with Crippen LogP contribution in [0, 0.1) is 0 Å². The van der Waals surface area contributed by atoms with Crippen molar-refractivity contribution in [3.05, 3.63) is 0 Å². The van der Waals surface area contributed by atoms with Gasteiger partial charge in [-0.1, -0.05) is 97.3 Å². The van der Waals surface area contributed by atoms with E-state index in [0.29, 0.717) is 0 Å². The molecule has 0 amide bonds. The Balaban J connectivity index is 3.63. The molecule has 0 rings (SSSR count). The molecule has 0 aromatic rings. The molecular formula is C18H38O3S. The van der Waals surface area contributed by atoms with Crippen LogP contribution in [0.4, 0.5) is 0 Å². The van der Waals surface area contributed by atoms with Crippen LogP contribution in [0.1, 0.15) is 110 Å². The predicted molar refractivity (Wildman–Crippen MR) is 96.2 cm³/mol. The highest BCUT2D eigenvalue weighted by molar-refractivity contribution is 7.74. The monoisotopic (exact) mass is 334 g/mol. The van der Waals surface area contributed by atoms with Gasteiger partial charge in [-0.25, -0.2) is 0 Å². The van der Waals surface area contributed by atoms with Crippen LogP contribution < -0.4 is 0 Å². The minimum atomic E-state index is -2.12. The summed E-state index contributed by atoms with van der Waals surface area (Å²) < 4.78 is 25.0. The molecule has 0 aromatic heterocycles. The van der Waals surface area contributed by atoms with Gasteiger partial charge in [0.05, 0.1) is 6.10 Å². The Kier molecular flexibility index (Phi) is 17.5. The third-order valence-electron chi connectivity index (χ3n) is 4.23. The van der Waals surface area contributed by atoms with Crippen LogP contribution in [0.25, 0.3) is 0 Å². The molecule has 0 heterocycles. The van der Waals surface area contributed by atoms with Crippen LogP contribution >= 0.6 is 0 Å². The van der Waals surface area contributed by atoms with Crippen LogP contribution in [-0.2, 0) is 15.5 Å². The van der Waals surface area contributed by atoms with Crippen molar-refractivity contribution in [2.45, 2.75) is 116 Å². The molecule has 2 unspecified atom stereocenters. The van der Waals surface area contributed by atoms with E-state index in [0.717, 1.165) is 25.7 Å². The number of unbranched alkanes of at least 4 members (excludes halogenated alkanes) is 11. The summed E-state index contributed by atoms with van der Waals surface area (Å²) in [4.78, 5) is 0. The zero-order valence-electron chi connectivity index (χ0n) is 14.9. The molecule has 0 aromatic carbocycles. The summed E-state index contributed by atoms with van der Waals surface area (Å²) in [5, 5.41) is 0. The minimum absolute atomic E-state index is 0.0346. The highest BCUT2D eigenvalue weighted by atomic mass is 32.2. The Morgan fingerprint density at radius 2 is 1.09 bits per heavy atom. The van der Waals surface area contributed by atoms with E-state index in [1.54, 1.807) is 0 Å². The van der Waals surface area contributed by atoms with Crippen molar-refractivity contribution in [1.29, 1.82) is 0 Å². The molecule has 22 heavy (non-hydrogen) atoms. The van der Waals surface area contributed by atoms with E-state index in [2.05, 4.69) is 13.8 Å². The van der Waals surface area contributed by atoms with Gasteiger partial charge in [0.25, 0.3) is 0 Å². The van der Waals surface area contributed by atoms with Crippen molar-refractivity contribution in [2.75, 3.05) is 0 Å². The predicted octanol–water partition coefficient (Wildman–Crippen LogP) is 6.40. The first-order chi connectivity index (χ1) is 10.7. The van der Waals surface area contributed by atoms with Gasteiger partial charge in [-0.3, -0.25) is 8.74 Å². The first-order valence-electron chi connectivity index (χ1n) is 9.48. The van der Waals surface area contributed by atoms with E-state index < -0.39 is 11.4 Å². The summed E-state index contributed by atoms with van der Waals surface area (Å²) in [6.07, 6.45) is 18.2. The molecular weight excluding hydrogens is 296 g/mol. The van der Waals surface area contributed by atoms with Crippen molar-refractivity contribution in [2.24, 2.45) is 0 Å². The van der Waals surface area contributed by atoms with Gasteiger partial charge in [-0.15, -0.1) is 0 Å². The smallest absolute Gasteiger partial charge is 0.284 e.